The Morgan fingerprint density at radius 2 is 1.64 bits per heavy atom. The maximum atomic E-state index is 12.5. The van der Waals surface area contributed by atoms with Crippen molar-refractivity contribution in [1.29, 1.82) is 0 Å². The second kappa shape index (κ2) is 6.75. The van der Waals surface area contributed by atoms with Gasteiger partial charge in [0, 0.05) is 24.8 Å². The Morgan fingerprint density at radius 3 is 2.27 bits per heavy atom. The van der Waals surface area contributed by atoms with Gasteiger partial charge in [0.05, 0.1) is 0 Å². The summed E-state index contributed by atoms with van der Waals surface area (Å²) in [7, 11) is 1.82. The van der Waals surface area contributed by atoms with Crippen molar-refractivity contribution < 1.29 is 4.79 Å². The first-order valence-electron chi connectivity index (χ1n) is 7.88. The van der Waals surface area contributed by atoms with Gasteiger partial charge in [0.1, 0.15) is 0 Å². The molecule has 3 nitrogen and oxygen atoms in total. The number of hydrogen-bond acceptors (Lipinski definition) is 2. The zero-order chi connectivity index (χ0) is 15.4. The van der Waals surface area contributed by atoms with Gasteiger partial charge in [-0.15, -0.1) is 0 Å². The molecular weight excluding hydrogens is 272 g/mol. The van der Waals surface area contributed by atoms with Gasteiger partial charge in [0.15, 0.2) is 0 Å². The van der Waals surface area contributed by atoms with Crippen LogP contribution in [0.2, 0.25) is 0 Å². The highest BCUT2D eigenvalue weighted by atomic mass is 16.2. The topological polar surface area (TPSA) is 23.6 Å². The normalized spacial score (nSPS) is 15.0. The van der Waals surface area contributed by atoms with Crippen molar-refractivity contribution in [3.8, 4) is 0 Å². The van der Waals surface area contributed by atoms with Gasteiger partial charge >= 0.3 is 0 Å². The highest BCUT2D eigenvalue weighted by molar-refractivity contribution is 6.05. The number of benzene rings is 2. The zero-order valence-corrected chi connectivity index (χ0v) is 13.0. The number of rotatable bonds is 4. The molecule has 0 unspecified atom stereocenters. The molecule has 0 aromatic heterocycles. The molecule has 0 aliphatic carbocycles. The fraction of sp³-hybridized carbons (Fsp3) is 0.316. The van der Waals surface area contributed by atoms with Crippen LogP contribution in [-0.4, -0.2) is 30.9 Å². The van der Waals surface area contributed by atoms with Crippen LogP contribution in [-0.2, 0) is 6.54 Å². The first-order chi connectivity index (χ1) is 10.7. The monoisotopic (exact) mass is 294 g/mol. The highest BCUT2D eigenvalue weighted by Crippen LogP contribution is 2.17. The van der Waals surface area contributed by atoms with Gasteiger partial charge in [-0.2, -0.15) is 0 Å². The number of nitrogens with zero attached hydrogens (tertiary/aromatic N) is 2. The molecule has 0 saturated carbocycles. The number of likely N-dealkylation sites (tertiary alicyclic amines) is 1. The van der Waals surface area contributed by atoms with E-state index in [1.165, 1.54) is 31.5 Å². The number of hydrogen-bond donors (Lipinski definition) is 0. The first-order valence-corrected chi connectivity index (χ1v) is 7.88. The van der Waals surface area contributed by atoms with Crippen LogP contribution in [0.4, 0.5) is 5.69 Å². The lowest BCUT2D eigenvalue weighted by Crippen LogP contribution is -2.26. The maximum absolute atomic E-state index is 12.5. The van der Waals surface area contributed by atoms with Gasteiger partial charge in [-0.05, 0) is 55.8 Å². The smallest absolute Gasteiger partial charge is 0.258 e. The second-order valence-electron chi connectivity index (χ2n) is 5.88. The lowest BCUT2D eigenvalue weighted by molar-refractivity contribution is 0.0993. The van der Waals surface area contributed by atoms with E-state index in [-0.39, 0.29) is 5.91 Å². The Balaban J connectivity index is 1.68. The van der Waals surface area contributed by atoms with Crippen LogP contribution in [0, 0.1) is 0 Å². The van der Waals surface area contributed by atoms with Gasteiger partial charge in [-0.1, -0.05) is 30.3 Å². The quantitative estimate of drug-likeness (QED) is 0.861. The molecular formula is C19H22N2O. The zero-order valence-electron chi connectivity index (χ0n) is 13.0. The molecule has 1 aliphatic heterocycles. The van der Waals surface area contributed by atoms with Crippen LogP contribution in [0.3, 0.4) is 0 Å². The molecule has 22 heavy (non-hydrogen) atoms. The summed E-state index contributed by atoms with van der Waals surface area (Å²) < 4.78 is 0. The molecule has 0 bridgehead atoms. The average Bonchev–Trinajstić information content (AvgIpc) is 3.08. The van der Waals surface area contributed by atoms with E-state index in [9.17, 15) is 4.79 Å². The molecule has 1 saturated heterocycles. The number of amides is 1. The Hall–Kier alpha value is -2.13. The molecule has 2 aromatic rings. The van der Waals surface area contributed by atoms with Crippen molar-refractivity contribution in [2.24, 2.45) is 0 Å². The fourth-order valence-electron chi connectivity index (χ4n) is 2.91. The predicted molar refractivity (Wildman–Crippen MR) is 90.1 cm³/mol. The third-order valence-electron chi connectivity index (χ3n) is 4.25. The van der Waals surface area contributed by atoms with E-state index in [0.717, 1.165) is 17.8 Å². The maximum Gasteiger partial charge on any atom is 0.258 e. The van der Waals surface area contributed by atoms with E-state index < -0.39 is 0 Å². The summed E-state index contributed by atoms with van der Waals surface area (Å²) in [6, 6.07) is 17.7. The summed E-state index contributed by atoms with van der Waals surface area (Å²) in [5, 5.41) is 0. The summed E-state index contributed by atoms with van der Waals surface area (Å²) in [5.41, 5.74) is 2.92. The summed E-state index contributed by atoms with van der Waals surface area (Å²) >= 11 is 0. The van der Waals surface area contributed by atoms with Crippen molar-refractivity contribution in [2.45, 2.75) is 19.4 Å². The minimum Gasteiger partial charge on any atom is -0.311 e. The van der Waals surface area contributed by atoms with E-state index in [1.54, 1.807) is 4.90 Å². The second-order valence-corrected chi connectivity index (χ2v) is 5.88. The first kappa shape index (κ1) is 14.8. The van der Waals surface area contributed by atoms with Crippen molar-refractivity contribution in [1.82, 2.24) is 4.90 Å². The lowest BCUT2D eigenvalue weighted by atomic mass is 10.1. The van der Waals surface area contributed by atoms with E-state index in [2.05, 4.69) is 17.0 Å². The van der Waals surface area contributed by atoms with Crippen LogP contribution in [0.25, 0.3) is 0 Å². The fourth-order valence-corrected chi connectivity index (χ4v) is 2.91. The molecule has 1 aliphatic rings. The Bertz CT molecular complexity index is 616. The highest BCUT2D eigenvalue weighted by Gasteiger charge is 2.14. The molecule has 1 amide bonds. The molecule has 1 fully saturated rings. The van der Waals surface area contributed by atoms with E-state index >= 15 is 0 Å². The summed E-state index contributed by atoms with van der Waals surface area (Å²) in [6.45, 7) is 3.37. The Kier molecular flexibility index (Phi) is 4.54. The average molecular weight is 294 g/mol. The summed E-state index contributed by atoms with van der Waals surface area (Å²) in [4.78, 5) is 16.7. The molecule has 0 radical (unpaired) electrons. The third-order valence-corrected chi connectivity index (χ3v) is 4.25. The molecule has 3 rings (SSSR count). The van der Waals surface area contributed by atoms with Gasteiger partial charge in [0.25, 0.3) is 5.91 Å². The lowest BCUT2D eigenvalue weighted by Gasteiger charge is -2.18. The SMILES string of the molecule is CN(C(=O)c1ccc(CN2CCCC2)cc1)c1ccccc1. The van der Waals surface area contributed by atoms with Crippen LogP contribution in [0.1, 0.15) is 28.8 Å². The summed E-state index contributed by atoms with van der Waals surface area (Å²) in [6.07, 6.45) is 2.61. The van der Waals surface area contributed by atoms with Crippen LogP contribution < -0.4 is 4.90 Å². The van der Waals surface area contributed by atoms with Crippen molar-refractivity contribution in [3.63, 3.8) is 0 Å². The van der Waals surface area contributed by atoms with Crippen molar-refractivity contribution in [3.05, 3.63) is 65.7 Å². The number of carbonyl (C=O) groups is 1. The Labute approximate surface area is 132 Å². The van der Waals surface area contributed by atoms with Gasteiger partial charge in [-0.25, -0.2) is 0 Å². The van der Waals surface area contributed by atoms with E-state index in [0.29, 0.717) is 0 Å². The minimum atomic E-state index is 0.0268. The number of para-hydroxylation sites is 1. The van der Waals surface area contributed by atoms with Gasteiger partial charge in [0.2, 0.25) is 0 Å². The Morgan fingerprint density at radius 1 is 1.00 bits per heavy atom. The third kappa shape index (κ3) is 3.37. The van der Waals surface area contributed by atoms with E-state index in [1.807, 2.05) is 49.5 Å². The minimum absolute atomic E-state index is 0.0268. The molecule has 0 spiro atoms. The molecule has 1 heterocycles. The molecule has 114 valence electrons. The van der Waals surface area contributed by atoms with Crippen molar-refractivity contribution >= 4 is 11.6 Å². The van der Waals surface area contributed by atoms with Gasteiger partial charge in [-0.3, -0.25) is 9.69 Å². The van der Waals surface area contributed by atoms with Crippen LogP contribution in [0.15, 0.2) is 54.6 Å². The van der Waals surface area contributed by atoms with Gasteiger partial charge < -0.3 is 4.90 Å². The largest absolute Gasteiger partial charge is 0.311 e. The van der Waals surface area contributed by atoms with E-state index in [4.69, 9.17) is 0 Å². The standard InChI is InChI=1S/C19H22N2O/c1-20(18-7-3-2-4-8-18)19(22)17-11-9-16(10-12-17)15-21-13-5-6-14-21/h2-4,7-12H,5-6,13-15H2,1H3. The van der Waals surface area contributed by atoms with Crippen molar-refractivity contribution in [2.75, 3.05) is 25.0 Å². The van der Waals surface area contributed by atoms with Crippen LogP contribution >= 0.6 is 0 Å². The number of carbonyl (C=O) groups excluding carboxylic acids is 1. The summed E-state index contributed by atoms with van der Waals surface area (Å²) in [5.74, 6) is 0.0268. The molecule has 0 N–H and O–H groups in total. The van der Waals surface area contributed by atoms with Crippen LogP contribution in [0.5, 0.6) is 0 Å². The number of anilines is 1. The predicted octanol–water partition coefficient (Wildman–Crippen LogP) is 3.56. The molecule has 3 heteroatoms. The molecule has 0 atom stereocenters. The molecule has 2 aromatic carbocycles.